The molecule has 2 saturated heterocycles. The number of anilines is 4. The van der Waals surface area contributed by atoms with Crippen molar-refractivity contribution in [2.75, 3.05) is 78.5 Å². The van der Waals surface area contributed by atoms with Crippen LogP contribution in [0.15, 0.2) is 162 Å². The number of nitrogens with one attached hydrogen (secondary N) is 1. The van der Waals surface area contributed by atoms with Crippen molar-refractivity contribution in [2.45, 2.75) is 25.4 Å². The molecule has 0 radical (unpaired) electrons. The Balaban J connectivity index is 0.000000199. The summed E-state index contributed by atoms with van der Waals surface area (Å²) in [5, 5.41) is 8.13. The Morgan fingerprint density at radius 2 is 0.973 bits per heavy atom. The fraction of sp³-hybridized carbons (Fsp3) is 0.245. The van der Waals surface area contributed by atoms with E-state index < -0.39 is 36.5 Å². The summed E-state index contributed by atoms with van der Waals surface area (Å²) in [5.41, 5.74) is 3.48. The fourth-order valence-corrected chi connectivity index (χ4v) is 8.16. The lowest BCUT2D eigenvalue weighted by atomic mass is 10.1. The molecule has 4 aromatic carbocycles. The molecule has 388 valence electrons. The maximum absolute atomic E-state index is 13.6. The quantitative estimate of drug-likeness (QED) is 0.0918. The van der Waals surface area contributed by atoms with Crippen LogP contribution in [0.1, 0.15) is 27.4 Å². The van der Waals surface area contributed by atoms with Crippen LogP contribution in [0.5, 0.6) is 0 Å². The average molecular weight is 1030 g/mol. The molecule has 0 aliphatic carbocycles. The number of urea groups is 2. The molecule has 0 unspecified atom stereocenters. The zero-order valence-electron chi connectivity index (χ0n) is 40.1. The Kier molecular flexibility index (Phi) is 16.7. The zero-order valence-corrected chi connectivity index (χ0v) is 40.1. The molecule has 16 nitrogen and oxygen atoms in total. The zero-order chi connectivity index (χ0) is 53.0. The minimum Gasteiger partial charge on any atom is -0.413 e. The van der Waals surface area contributed by atoms with Crippen LogP contribution in [-0.2, 0) is 24.1 Å². The van der Waals surface area contributed by atoms with Crippen molar-refractivity contribution in [3.8, 4) is 11.5 Å². The molecule has 9 rings (SSSR count). The minimum absolute atomic E-state index is 0.123. The molecule has 1 N–H and O–H groups in total. The summed E-state index contributed by atoms with van der Waals surface area (Å²) in [6, 6.07) is 42.6. The van der Waals surface area contributed by atoms with E-state index in [1.807, 2.05) is 102 Å². The number of pyridine rings is 2. The third-order valence-electron chi connectivity index (χ3n) is 12.1. The first-order valence-electron chi connectivity index (χ1n) is 23.6. The lowest BCUT2D eigenvalue weighted by molar-refractivity contribution is -0.173. The number of amides is 5. The van der Waals surface area contributed by atoms with E-state index in [2.05, 4.69) is 30.0 Å². The molecule has 7 aromatic rings. The molecule has 2 fully saturated rings. The van der Waals surface area contributed by atoms with Crippen LogP contribution in [-0.4, -0.2) is 119 Å². The van der Waals surface area contributed by atoms with Crippen LogP contribution in [0.2, 0.25) is 0 Å². The lowest BCUT2D eigenvalue weighted by Gasteiger charge is -2.38. The SMILES string of the molecule is O=C(CNC(=O)C(F)(F)F)c1ccc(CN(C(=O)N2CCN(c3ccccn3)CC2)c2ccccc2)cc1.O=C(N1CCN(c2ccccn2)CC1)N(Cc1ccc(-c2nnc(C(F)(F)F)o2)cc1)c1ccccc1. The highest BCUT2D eigenvalue weighted by molar-refractivity contribution is 6.00. The van der Waals surface area contributed by atoms with Gasteiger partial charge in [-0.2, -0.15) is 26.3 Å². The van der Waals surface area contributed by atoms with Gasteiger partial charge in [0.1, 0.15) is 11.6 Å². The average Bonchev–Trinajstić information content (AvgIpc) is 3.96. The number of halogens is 6. The number of benzene rings is 4. The monoisotopic (exact) mass is 1030 g/mol. The minimum atomic E-state index is -5.05. The second-order valence-electron chi connectivity index (χ2n) is 17.1. The first kappa shape index (κ1) is 52.5. The second kappa shape index (κ2) is 23.8. The second-order valence-corrected chi connectivity index (χ2v) is 17.1. The van der Waals surface area contributed by atoms with Gasteiger partial charge in [-0.15, -0.1) is 10.2 Å². The first-order chi connectivity index (χ1) is 36.1. The fourth-order valence-electron chi connectivity index (χ4n) is 8.16. The number of para-hydroxylation sites is 2. The third kappa shape index (κ3) is 13.8. The molecular formula is C53H49F6N11O5. The van der Waals surface area contributed by atoms with E-state index in [0.717, 1.165) is 28.5 Å². The lowest BCUT2D eigenvalue weighted by Crippen LogP contribution is -2.53. The van der Waals surface area contributed by atoms with Crippen molar-refractivity contribution in [3.63, 3.8) is 0 Å². The van der Waals surface area contributed by atoms with Gasteiger partial charge in [0.05, 0.1) is 19.6 Å². The number of hydrogen-bond acceptors (Lipinski definition) is 11. The van der Waals surface area contributed by atoms with Gasteiger partial charge in [0, 0.05) is 87.3 Å². The van der Waals surface area contributed by atoms with Crippen molar-refractivity contribution in [2.24, 2.45) is 0 Å². The van der Waals surface area contributed by atoms with Crippen molar-refractivity contribution < 1.29 is 49.9 Å². The van der Waals surface area contributed by atoms with Crippen molar-refractivity contribution in [1.82, 2.24) is 35.3 Å². The van der Waals surface area contributed by atoms with E-state index in [1.54, 1.807) is 68.8 Å². The number of Topliss-reactive ketones (excluding diaryl/α,β-unsaturated/α-hetero) is 1. The number of piperazine rings is 2. The van der Waals surface area contributed by atoms with E-state index in [0.29, 0.717) is 63.6 Å². The van der Waals surface area contributed by atoms with Gasteiger partial charge in [-0.25, -0.2) is 19.6 Å². The molecule has 0 atom stereocenters. The van der Waals surface area contributed by atoms with E-state index in [4.69, 9.17) is 4.42 Å². The Hall–Kier alpha value is -8.82. The van der Waals surface area contributed by atoms with Gasteiger partial charge in [0.25, 0.3) is 0 Å². The van der Waals surface area contributed by atoms with Gasteiger partial charge in [-0.3, -0.25) is 19.4 Å². The van der Waals surface area contributed by atoms with Gasteiger partial charge in [0.2, 0.25) is 5.89 Å². The van der Waals surface area contributed by atoms with E-state index >= 15 is 0 Å². The number of alkyl halides is 6. The summed E-state index contributed by atoms with van der Waals surface area (Å²) in [4.78, 5) is 70.4. The normalized spacial score (nSPS) is 13.8. The highest BCUT2D eigenvalue weighted by atomic mass is 19.4. The summed E-state index contributed by atoms with van der Waals surface area (Å²) < 4.78 is 80.1. The number of ketones is 1. The summed E-state index contributed by atoms with van der Waals surface area (Å²) in [5.74, 6) is -2.68. The molecule has 2 aliphatic rings. The van der Waals surface area contributed by atoms with Crippen LogP contribution in [0.4, 0.5) is 58.9 Å². The predicted octanol–water partition coefficient (Wildman–Crippen LogP) is 8.99. The summed E-state index contributed by atoms with van der Waals surface area (Å²) in [7, 11) is 0. The molecular weight excluding hydrogens is 985 g/mol. The van der Waals surface area contributed by atoms with E-state index in [1.165, 1.54) is 12.1 Å². The first-order valence-corrected chi connectivity index (χ1v) is 23.6. The highest BCUT2D eigenvalue weighted by Crippen LogP contribution is 2.31. The van der Waals surface area contributed by atoms with Crippen LogP contribution >= 0.6 is 0 Å². The van der Waals surface area contributed by atoms with Crippen molar-refractivity contribution in [1.29, 1.82) is 0 Å². The van der Waals surface area contributed by atoms with Crippen molar-refractivity contribution in [3.05, 3.63) is 181 Å². The Labute approximate surface area is 426 Å². The maximum Gasteiger partial charge on any atom is 0.471 e. The molecule has 5 heterocycles. The molecule has 5 amide bonds. The van der Waals surface area contributed by atoms with Gasteiger partial charge in [0.15, 0.2) is 5.78 Å². The highest BCUT2D eigenvalue weighted by Gasteiger charge is 2.39. The number of carbonyl (C=O) groups is 4. The van der Waals surface area contributed by atoms with E-state index in [-0.39, 0.29) is 36.6 Å². The van der Waals surface area contributed by atoms with Gasteiger partial charge >= 0.3 is 36.2 Å². The van der Waals surface area contributed by atoms with Crippen LogP contribution < -0.4 is 24.9 Å². The number of carbonyl (C=O) groups excluding carboxylic acids is 4. The standard InChI is InChI=1S/C27H26F3N5O3.C26H23F3N6O2/c28-27(29,30)25(37)32-18-23(36)21-11-9-20(10-12-21)19-35(22-6-2-1-3-7-22)26(38)34-16-14-33(15-17-34)24-8-4-5-13-31-24;27-26(28,29)24-32-31-23(37-24)20-11-9-19(10-12-20)18-35(21-6-2-1-3-7-21)25(36)34-16-14-33(15-17-34)22-8-4-5-13-30-22/h1-13H,14-19H2,(H,32,37);1-13H,14-18H2. The van der Waals surface area contributed by atoms with E-state index in [9.17, 15) is 45.5 Å². The van der Waals surface area contributed by atoms with Crippen molar-refractivity contribution >= 4 is 46.8 Å². The van der Waals surface area contributed by atoms with Crippen LogP contribution in [0.25, 0.3) is 11.5 Å². The predicted molar refractivity (Wildman–Crippen MR) is 267 cm³/mol. The molecule has 0 saturated carbocycles. The summed E-state index contributed by atoms with van der Waals surface area (Å²) in [6.07, 6.45) is -6.27. The number of rotatable bonds is 12. The summed E-state index contributed by atoms with van der Waals surface area (Å²) in [6.45, 7) is 4.52. The largest absolute Gasteiger partial charge is 0.471 e. The summed E-state index contributed by atoms with van der Waals surface area (Å²) >= 11 is 0. The Bertz CT molecular complexity index is 2980. The van der Waals surface area contributed by atoms with Crippen LogP contribution in [0, 0.1) is 0 Å². The molecule has 0 spiro atoms. The van der Waals surface area contributed by atoms with Crippen LogP contribution in [0.3, 0.4) is 0 Å². The molecule has 75 heavy (non-hydrogen) atoms. The Morgan fingerprint density at radius 3 is 1.37 bits per heavy atom. The van der Waals surface area contributed by atoms with Gasteiger partial charge in [-0.1, -0.05) is 84.9 Å². The topological polar surface area (TPSA) is 164 Å². The third-order valence-corrected chi connectivity index (χ3v) is 12.1. The smallest absolute Gasteiger partial charge is 0.413 e. The molecule has 2 aliphatic heterocycles. The maximum atomic E-state index is 13.6. The molecule has 3 aromatic heterocycles. The Morgan fingerprint density at radius 1 is 0.533 bits per heavy atom. The van der Waals surface area contributed by atoms with Gasteiger partial charge in [-0.05, 0) is 71.8 Å². The molecule has 22 heteroatoms. The molecule has 0 bridgehead atoms. The van der Waals surface area contributed by atoms with Gasteiger partial charge < -0.3 is 29.3 Å². The number of nitrogens with zero attached hydrogens (tertiary/aromatic N) is 10. The number of aromatic nitrogens is 4. The number of hydrogen-bond donors (Lipinski definition) is 1.